The van der Waals surface area contributed by atoms with Crippen LogP contribution in [0.4, 0.5) is 0 Å². The van der Waals surface area contributed by atoms with Crippen LogP contribution in [0.15, 0.2) is 11.4 Å². The molecule has 0 amide bonds. The molecule has 0 bridgehead atoms. The van der Waals surface area contributed by atoms with E-state index in [9.17, 15) is 0 Å². The van der Waals surface area contributed by atoms with Crippen LogP contribution in [0.3, 0.4) is 0 Å². The Bertz CT molecular complexity index is 516. The van der Waals surface area contributed by atoms with E-state index in [0.717, 1.165) is 21.0 Å². The zero-order valence-electron chi connectivity index (χ0n) is 8.26. The molecule has 2 N–H and O–H groups in total. The first kappa shape index (κ1) is 12.7. The minimum Gasteiger partial charge on any atom is -0.319 e. The average molecular weight is 313 g/mol. The van der Waals surface area contributed by atoms with E-state index in [0.29, 0.717) is 8.67 Å². The SMILES string of the molecule is Cc1csc(C(N)c2cc(Cl)sc2Cl)c1Cl. The van der Waals surface area contributed by atoms with Crippen molar-refractivity contribution in [3.05, 3.63) is 41.1 Å². The van der Waals surface area contributed by atoms with Crippen LogP contribution < -0.4 is 5.73 Å². The predicted molar refractivity (Wildman–Crippen MR) is 74.4 cm³/mol. The lowest BCUT2D eigenvalue weighted by molar-refractivity contribution is 0.899. The van der Waals surface area contributed by atoms with Gasteiger partial charge in [0.2, 0.25) is 0 Å². The Kier molecular flexibility index (Phi) is 3.84. The standard InChI is InChI=1S/C10H8Cl3NS2/c1-4-3-15-9(7(4)12)8(14)5-2-6(11)16-10(5)13/h2-3,8H,14H2,1H3. The van der Waals surface area contributed by atoms with Gasteiger partial charge in [-0.3, -0.25) is 0 Å². The first-order chi connectivity index (χ1) is 7.50. The molecule has 0 saturated carbocycles. The summed E-state index contributed by atoms with van der Waals surface area (Å²) in [6.07, 6.45) is 0. The molecule has 1 atom stereocenters. The second-order valence-corrected chi connectivity index (χ2v) is 6.93. The van der Waals surface area contributed by atoms with Gasteiger partial charge in [0, 0.05) is 10.4 Å². The van der Waals surface area contributed by atoms with E-state index in [1.165, 1.54) is 11.3 Å². The molecule has 2 aromatic heterocycles. The molecule has 6 heteroatoms. The van der Waals surface area contributed by atoms with Gasteiger partial charge in [0.05, 0.1) is 19.7 Å². The summed E-state index contributed by atoms with van der Waals surface area (Å²) >= 11 is 21.0. The van der Waals surface area contributed by atoms with E-state index in [4.69, 9.17) is 40.5 Å². The summed E-state index contributed by atoms with van der Waals surface area (Å²) < 4.78 is 1.26. The highest BCUT2D eigenvalue weighted by atomic mass is 35.5. The quantitative estimate of drug-likeness (QED) is 0.817. The summed E-state index contributed by atoms with van der Waals surface area (Å²) in [6.45, 7) is 1.96. The molecule has 2 rings (SSSR count). The first-order valence-electron chi connectivity index (χ1n) is 4.44. The predicted octanol–water partition coefficient (Wildman–Crippen LogP) is 5.13. The van der Waals surface area contributed by atoms with Crippen LogP contribution in [0.25, 0.3) is 0 Å². The molecule has 2 heterocycles. The van der Waals surface area contributed by atoms with Gasteiger partial charge >= 0.3 is 0 Å². The highest BCUT2D eigenvalue weighted by Gasteiger charge is 2.20. The lowest BCUT2D eigenvalue weighted by Gasteiger charge is -2.09. The fourth-order valence-corrected chi connectivity index (χ4v) is 4.25. The second kappa shape index (κ2) is 4.84. The minimum absolute atomic E-state index is 0.303. The number of rotatable bonds is 2. The molecule has 0 aliphatic heterocycles. The van der Waals surface area contributed by atoms with Crippen molar-refractivity contribution < 1.29 is 0 Å². The van der Waals surface area contributed by atoms with Crippen LogP contribution in [0, 0.1) is 6.92 Å². The highest BCUT2D eigenvalue weighted by Crippen LogP contribution is 2.40. The number of hydrogen-bond donors (Lipinski definition) is 1. The number of nitrogens with two attached hydrogens (primary N) is 1. The molecule has 1 nitrogen and oxygen atoms in total. The van der Waals surface area contributed by atoms with Crippen LogP contribution in [0.2, 0.25) is 13.7 Å². The normalized spacial score (nSPS) is 13.1. The Morgan fingerprint density at radius 3 is 2.44 bits per heavy atom. The van der Waals surface area contributed by atoms with Crippen molar-refractivity contribution in [1.82, 2.24) is 0 Å². The second-order valence-electron chi connectivity index (χ2n) is 3.35. The number of thiophene rings is 2. The number of aryl methyl sites for hydroxylation is 1. The van der Waals surface area contributed by atoms with Gasteiger partial charge in [-0.25, -0.2) is 0 Å². The van der Waals surface area contributed by atoms with Crippen LogP contribution in [0.5, 0.6) is 0 Å². The van der Waals surface area contributed by atoms with Gasteiger partial charge < -0.3 is 5.73 Å². The molecular weight excluding hydrogens is 305 g/mol. The summed E-state index contributed by atoms with van der Waals surface area (Å²) in [7, 11) is 0. The number of hydrogen-bond acceptors (Lipinski definition) is 3. The van der Waals surface area contributed by atoms with E-state index in [1.807, 2.05) is 12.3 Å². The fraction of sp³-hybridized carbons (Fsp3) is 0.200. The van der Waals surface area contributed by atoms with Crippen LogP contribution in [-0.2, 0) is 0 Å². The smallest absolute Gasteiger partial charge is 0.0995 e. The van der Waals surface area contributed by atoms with E-state index < -0.39 is 0 Å². The summed E-state index contributed by atoms with van der Waals surface area (Å²) in [5, 5.41) is 2.70. The molecule has 1 unspecified atom stereocenters. The molecule has 0 fully saturated rings. The summed E-state index contributed by atoms with van der Waals surface area (Å²) in [5.41, 5.74) is 8.00. The topological polar surface area (TPSA) is 26.0 Å². The summed E-state index contributed by atoms with van der Waals surface area (Å²) in [5.74, 6) is 0. The zero-order chi connectivity index (χ0) is 11.9. The summed E-state index contributed by atoms with van der Waals surface area (Å²) in [6, 6.07) is 1.49. The van der Waals surface area contributed by atoms with Gasteiger partial charge in [-0.05, 0) is 23.9 Å². The maximum atomic E-state index is 6.17. The maximum absolute atomic E-state index is 6.17. The van der Waals surface area contributed by atoms with Crippen LogP contribution >= 0.6 is 57.5 Å². The Balaban J connectivity index is 2.42. The molecule has 86 valence electrons. The Morgan fingerprint density at radius 2 is 2.00 bits per heavy atom. The number of halogens is 3. The third-order valence-corrected chi connectivity index (χ3v) is 5.54. The highest BCUT2D eigenvalue weighted by molar-refractivity contribution is 7.20. The molecule has 0 aliphatic carbocycles. The van der Waals surface area contributed by atoms with Crippen molar-refractivity contribution in [2.45, 2.75) is 13.0 Å². The van der Waals surface area contributed by atoms with Gasteiger partial charge in [-0.1, -0.05) is 34.8 Å². The monoisotopic (exact) mass is 311 g/mol. The average Bonchev–Trinajstić information content (AvgIpc) is 2.71. The maximum Gasteiger partial charge on any atom is 0.0995 e. The first-order valence-corrected chi connectivity index (χ1v) is 7.27. The van der Waals surface area contributed by atoms with E-state index in [1.54, 1.807) is 17.4 Å². The van der Waals surface area contributed by atoms with Crippen molar-refractivity contribution >= 4 is 57.5 Å². The van der Waals surface area contributed by atoms with Gasteiger partial charge in [0.15, 0.2) is 0 Å². The van der Waals surface area contributed by atoms with Gasteiger partial charge in [-0.2, -0.15) is 0 Å². The van der Waals surface area contributed by atoms with Crippen molar-refractivity contribution in [1.29, 1.82) is 0 Å². The van der Waals surface area contributed by atoms with Gasteiger partial charge in [-0.15, -0.1) is 22.7 Å². The van der Waals surface area contributed by atoms with Gasteiger partial charge in [0.25, 0.3) is 0 Å². The largest absolute Gasteiger partial charge is 0.319 e. The Hall–Kier alpha value is 0.230. The lowest BCUT2D eigenvalue weighted by Crippen LogP contribution is -2.10. The van der Waals surface area contributed by atoms with Crippen molar-refractivity contribution in [2.24, 2.45) is 5.73 Å². The fourth-order valence-electron chi connectivity index (χ4n) is 1.37. The Labute approximate surface area is 117 Å². The minimum atomic E-state index is -0.303. The third-order valence-electron chi connectivity index (χ3n) is 2.23. The molecule has 16 heavy (non-hydrogen) atoms. The molecule has 0 spiro atoms. The van der Waals surface area contributed by atoms with Crippen molar-refractivity contribution in [2.75, 3.05) is 0 Å². The van der Waals surface area contributed by atoms with Crippen molar-refractivity contribution in [3.8, 4) is 0 Å². The zero-order valence-corrected chi connectivity index (χ0v) is 12.2. The van der Waals surface area contributed by atoms with Gasteiger partial charge in [0.1, 0.15) is 0 Å². The lowest BCUT2D eigenvalue weighted by atomic mass is 10.1. The molecule has 0 saturated heterocycles. The summed E-state index contributed by atoms with van der Waals surface area (Å²) in [4.78, 5) is 0.926. The molecule has 0 aliphatic rings. The molecule has 0 aromatic carbocycles. The van der Waals surface area contributed by atoms with E-state index >= 15 is 0 Å². The third kappa shape index (κ3) is 2.26. The van der Waals surface area contributed by atoms with Crippen LogP contribution in [-0.4, -0.2) is 0 Å². The molecular formula is C10H8Cl3NS2. The Morgan fingerprint density at radius 1 is 1.31 bits per heavy atom. The van der Waals surface area contributed by atoms with Crippen LogP contribution in [0.1, 0.15) is 22.0 Å². The molecule has 0 radical (unpaired) electrons. The van der Waals surface area contributed by atoms with E-state index in [2.05, 4.69) is 0 Å². The molecule has 2 aromatic rings. The van der Waals surface area contributed by atoms with E-state index in [-0.39, 0.29) is 6.04 Å². The van der Waals surface area contributed by atoms with Crippen molar-refractivity contribution in [3.63, 3.8) is 0 Å².